The standard InChI is InChI=1S/C28H28Cl2N8O2/c29-19-7-8-24(38-15-25(30)35-36-38)21(11-19)22-12-26(39)37(16-33-22)28-13-18(28)4-1-2-9-32-27(40)23(14-31)34-20-6-3-5-17(28)10-20/h3,5-8,10-12,15-16,18,23,34H,1-2,4,9,13-14,31H2,(H,32,40)/t18-,23-,28?/m1/s1. The number of nitrogens with one attached hydrogen (secondary N) is 2. The van der Waals surface area contributed by atoms with Crippen LogP contribution in [0, 0.1) is 5.92 Å². The molecule has 0 saturated heterocycles. The summed E-state index contributed by atoms with van der Waals surface area (Å²) in [5.74, 6) is 0.144. The number of aromatic nitrogens is 5. The number of nitrogens with zero attached hydrogens (tertiary/aromatic N) is 5. The van der Waals surface area contributed by atoms with Gasteiger partial charge in [-0.05, 0) is 61.1 Å². The van der Waals surface area contributed by atoms with Gasteiger partial charge in [-0.2, -0.15) is 0 Å². The van der Waals surface area contributed by atoms with Gasteiger partial charge in [-0.15, -0.1) is 5.10 Å². The molecular weight excluding hydrogens is 551 g/mol. The monoisotopic (exact) mass is 578 g/mol. The van der Waals surface area contributed by atoms with Crippen LogP contribution >= 0.6 is 23.2 Å². The van der Waals surface area contributed by atoms with E-state index in [4.69, 9.17) is 33.9 Å². The van der Waals surface area contributed by atoms with Crippen molar-refractivity contribution >= 4 is 34.8 Å². The van der Waals surface area contributed by atoms with Crippen molar-refractivity contribution in [2.75, 3.05) is 18.4 Å². The minimum atomic E-state index is -0.544. The third-order valence-corrected chi connectivity index (χ3v) is 8.20. The molecule has 3 atom stereocenters. The minimum absolute atomic E-state index is 0.114. The van der Waals surface area contributed by atoms with Gasteiger partial charge in [0, 0.05) is 35.4 Å². The van der Waals surface area contributed by atoms with E-state index in [0.29, 0.717) is 28.5 Å². The van der Waals surface area contributed by atoms with E-state index in [1.54, 1.807) is 35.3 Å². The van der Waals surface area contributed by atoms with Crippen molar-refractivity contribution in [2.45, 2.75) is 37.3 Å². The summed E-state index contributed by atoms with van der Waals surface area (Å²) in [5, 5.41) is 14.9. The van der Waals surface area contributed by atoms with Crippen molar-refractivity contribution < 1.29 is 4.79 Å². The van der Waals surface area contributed by atoms with Gasteiger partial charge in [-0.25, -0.2) is 9.67 Å². The quantitative estimate of drug-likeness (QED) is 0.337. The van der Waals surface area contributed by atoms with Gasteiger partial charge in [0.15, 0.2) is 5.15 Å². The molecule has 2 aliphatic rings. The molecule has 1 saturated carbocycles. The molecule has 2 aromatic heterocycles. The van der Waals surface area contributed by atoms with Crippen LogP contribution in [-0.4, -0.2) is 49.6 Å². The smallest absolute Gasteiger partial charge is 0.254 e. The number of halogens is 2. The summed E-state index contributed by atoms with van der Waals surface area (Å²) in [4.78, 5) is 31.1. The Kier molecular flexibility index (Phi) is 7.07. The molecule has 1 amide bonds. The average molecular weight is 579 g/mol. The maximum absolute atomic E-state index is 13.8. The summed E-state index contributed by atoms with van der Waals surface area (Å²) in [7, 11) is 0. The van der Waals surface area contributed by atoms with Crippen molar-refractivity contribution in [2.24, 2.45) is 11.7 Å². The molecule has 10 nitrogen and oxygen atoms in total. The van der Waals surface area contributed by atoms with Crippen LogP contribution in [0.5, 0.6) is 0 Å². The Morgan fingerprint density at radius 1 is 1.10 bits per heavy atom. The van der Waals surface area contributed by atoms with Crippen molar-refractivity contribution in [3.8, 4) is 16.9 Å². The number of anilines is 1. The molecule has 1 aliphatic carbocycles. The fourth-order valence-corrected chi connectivity index (χ4v) is 6.03. The van der Waals surface area contributed by atoms with Crippen LogP contribution < -0.4 is 21.9 Å². The molecule has 4 aromatic rings. The van der Waals surface area contributed by atoms with Crippen LogP contribution in [0.3, 0.4) is 0 Å². The van der Waals surface area contributed by atoms with E-state index < -0.39 is 11.6 Å². The number of nitrogens with two attached hydrogens (primary N) is 1. The Hall–Kier alpha value is -3.73. The summed E-state index contributed by atoms with van der Waals surface area (Å²) in [6.07, 6.45) is 6.73. The molecule has 3 heterocycles. The van der Waals surface area contributed by atoms with E-state index in [1.807, 2.05) is 24.3 Å². The fraction of sp³-hybridized carbons (Fsp3) is 0.321. The first-order valence-electron chi connectivity index (χ1n) is 13.2. The molecular formula is C28H28Cl2N8O2. The highest BCUT2D eigenvalue weighted by molar-refractivity contribution is 6.31. The lowest BCUT2D eigenvalue weighted by Gasteiger charge is -2.23. The summed E-state index contributed by atoms with van der Waals surface area (Å²) in [6, 6.07) is 14.1. The summed E-state index contributed by atoms with van der Waals surface area (Å²) >= 11 is 12.3. The number of carbonyl (C=O) groups excluding carboxylic acids is 1. The third-order valence-electron chi connectivity index (χ3n) is 7.79. The summed E-state index contributed by atoms with van der Waals surface area (Å²) in [5.41, 5.74) is 8.72. The van der Waals surface area contributed by atoms with E-state index in [-0.39, 0.29) is 29.1 Å². The third kappa shape index (κ3) is 4.87. The average Bonchev–Trinajstić information content (AvgIpc) is 3.52. The Labute approximate surface area is 240 Å². The number of benzene rings is 2. The van der Waals surface area contributed by atoms with Crippen LogP contribution in [0.15, 0.2) is 65.8 Å². The van der Waals surface area contributed by atoms with Gasteiger partial charge in [0.05, 0.1) is 29.4 Å². The highest BCUT2D eigenvalue weighted by Crippen LogP contribution is 2.57. The zero-order valence-electron chi connectivity index (χ0n) is 21.6. The van der Waals surface area contributed by atoms with Crippen LogP contribution in [0.25, 0.3) is 16.9 Å². The number of carbonyl (C=O) groups is 1. The molecule has 1 aliphatic heterocycles. The Morgan fingerprint density at radius 2 is 1.98 bits per heavy atom. The van der Waals surface area contributed by atoms with Gasteiger partial charge in [0.2, 0.25) is 5.91 Å². The number of hydrogen-bond acceptors (Lipinski definition) is 7. The molecule has 0 spiro atoms. The number of fused-ring (bicyclic) bond motifs is 4. The molecule has 2 aromatic carbocycles. The molecule has 1 fully saturated rings. The van der Waals surface area contributed by atoms with E-state index >= 15 is 0 Å². The second kappa shape index (κ2) is 10.7. The lowest BCUT2D eigenvalue weighted by atomic mass is 9.98. The first-order valence-corrected chi connectivity index (χ1v) is 14.0. The van der Waals surface area contributed by atoms with Gasteiger partial charge >= 0.3 is 0 Å². The molecule has 0 radical (unpaired) electrons. The SMILES string of the molecule is NC[C@H]1Nc2cccc(c2)C2(n3cnc(-c4cc(Cl)ccc4-n4cc(Cl)nn4)cc3=O)C[C@H]2CCCCNC1=O. The maximum Gasteiger partial charge on any atom is 0.254 e. The van der Waals surface area contributed by atoms with Crippen LogP contribution in [0.2, 0.25) is 10.2 Å². The Balaban J connectivity index is 1.41. The highest BCUT2D eigenvalue weighted by Gasteiger charge is 2.57. The zero-order valence-corrected chi connectivity index (χ0v) is 23.1. The van der Waals surface area contributed by atoms with Gasteiger partial charge in [-0.1, -0.05) is 47.0 Å². The Bertz CT molecular complexity index is 1640. The molecule has 6 rings (SSSR count). The lowest BCUT2D eigenvalue weighted by Crippen LogP contribution is -2.44. The maximum atomic E-state index is 13.8. The van der Waals surface area contributed by atoms with Crippen LogP contribution in [0.1, 0.15) is 31.2 Å². The molecule has 1 unspecified atom stereocenters. The van der Waals surface area contributed by atoms with Gasteiger partial charge in [-0.3, -0.25) is 14.2 Å². The lowest BCUT2D eigenvalue weighted by molar-refractivity contribution is -0.121. The summed E-state index contributed by atoms with van der Waals surface area (Å²) < 4.78 is 3.28. The van der Waals surface area contributed by atoms with Gasteiger partial charge in [0.25, 0.3) is 5.56 Å². The van der Waals surface area contributed by atoms with Crippen molar-refractivity contribution in [1.82, 2.24) is 29.9 Å². The minimum Gasteiger partial charge on any atom is -0.373 e. The van der Waals surface area contributed by atoms with Crippen LogP contribution in [-0.2, 0) is 10.3 Å². The van der Waals surface area contributed by atoms with E-state index in [0.717, 1.165) is 36.9 Å². The number of rotatable bonds is 4. The molecule has 40 heavy (non-hydrogen) atoms. The van der Waals surface area contributed by atoms with Gasteiger partial charge in [0.1, 0.15) is 6.04 Å². The van der Waals surface area contributed by atoms with Crippen molar-refractivity contribution in [3.05, 3.63) is 87.1 Å². The van der Waals surface area contributed by atoms with E-state index in [1.165, 1.54) is 10.7 Å². The normalized spacial score (nSPS) is 22.6. The predicted molar refractivity (Wildman–Crippen MR) is 154 cm³/mol. The molecule has 206 valence electrons. The van der Waals surface area contributed by atoms with Crippen molar-refractivity contribution in [3.63, 3.8) is 0 Å². The predicted octanol–water partition coefficient (Wildman–Crippen LogP) is 3.60. The van der Waals surface area contributed by atoms with Gasteiger partial charge < -0.3 is 16.4 Å². The number of amides is 1. The fourth-order valence-electron chi connectivity index (χ4n) is 5.73. The first kappa shape index (κ1) is 26.5. The van der Waals surface area contributed by atoms with Crippen LogP contribution in [0.4, 0.5) is 5.69 Å². The largest absolute Gasteiger partial charge is 0.373 e. The second-order valence-electron chi connectivity index (χ2n) is 10.3. The second-order valence-corrected chi connectivity index (χ2v) is 11.1. The number of hydrogen-bond donors (Lipinski definition) is 3. The Morgan fingerprint density at radius 3 is 2.75 bits per heavy atom. The summed E-state index contributed by atoms with van der Waals surface area (Å²) in [6.45, 7) is 0.754. The van der Waals surface area contributed by atoms with E-state index in [2.05, 4.69) is 20.9 Å². The van der Waals surface area contributed by atoms with Crippen molar-refractivity contribution in [1.29, 1.82) is 0 Å². The zero-order chi connectivity index (χ0) is 27.9. The topological polar surface area (TPSA) is 133 Å². The van der Waals surface area contributed by atoms with E-state index in [9.17, 15) is 9.59 Å². The first-order chi connectivity index (χ1) is 19.4. The molecule has 12 heteroatoms. The molecule has 4 N–H and O–H groups in total. The highest BCUT2D eigenvalue weighted by atomic mass is 35.5. The molecule has 2 bridgehead atoms.